The Labute approximate surface area is 91.4 Å². The number of guanidine groups is 1. The number of hydrogen-bond donors (Lipinski definition) is 2. The smallest absolute Gasteiger partial charge is 0.208 e. The van der Waals surface area contributed by atoms with E-state index < -0.39 is 0 Å². The number of hydrogen-bond acceptors (Lipinski definition) is 4. The molecule has 15 heavy (non-hydrogen) atoms. The molecule has 6 heteroatoms. The van der Waals surface area contributed by atoms with Crippen LogP contribution in [0.15, 0.2) is 4.99 Å². The average Bonchev–Trinajstić information content (AvgIpc) is 2.27. The van der Waals surface area contributed by atoms with Crippen LogP contribution in [0.2, 0.25) is 0 Å². The Morgan fingerprint density at radius 2 is 1.80 bits per heavy atom. The van der Waals surface area contributed by atoms with E-state index in [-0.39, 0.29) is 0 Å². The molecule has 3 N–H and O–H groups in total. The molecule has 0 rings (SSSR count). The molecule has 6 nitrogen and oxygen atoms in total. The largest absolute Gasteiger partial charge is 0.383 e. The zero-order valence-electron chi connectivity index (χ0n) is 9.82. The summed E-state index contributed by atoms with van der Waals surface area (Å²) >= 11 is 0. The van der Waals surface area contributed by atoms with E-state index in [9.17, 15) is 0 Å². The fraction of sp³-hybridized carbons (Fsp3) is 0.889. The minimum Gasteiger partial charge on any atom is -0.383 e. The van der Waals surface area contributed by atoms with Crippen molar-refractivity contribution in [2.75, 3.05) is 47.1 Å². The fourth-order valence-corrected chi connectivity index (χ4v) is 1.11. The summed E-state index contributed by atoms with van der Waals surface area (Å²) in [7, 11) is 3.34. The monoisotopic (exact) mass is 218 g/mol. The summed E-state index contributed by atoms with van der Waals surface area (Å²) in [5.41, 5.74) is 2.59. The molecule has 0 aromatic rings. The molecule has 0 aliphatic carbocycles. The number of nitrogens with two attached hydrogens (primary N) is 1. The van der Waals surface area contributed by atoms with Gasteiger partial charge in [-0.2, -0.15) is 0 Å². The Hall–Kier alpha value is -0.850. The number of ether oxygens (including phenoxy) is 2. The number of methoxy groups -OCH3 is 2. The second-order valence-corrected chi connectivity index (χ2v) is 2.91. The minimum absolute atomic E-state index is 0.633. The van der Waals surface area contributed by atoms with Gasteiger partial charge in [0, 0.05) is 33.9 Å². The van der Waals surface area contributed by atoms with Gasteiger partial charge in [0.25, 0.3) is 0 Å². The highest BCUT2D eigenvalue weighted by atomic mass is 16.5. The zero-order valence-corrected chi connectivity index (χ0v) is 9.82. The summed E-state index contributed by atoms with van der Waals surface area (Å²) in [4.78, 5) is 6.24. The summed E-state index contributed by atoms with van der Waals surface area (Å²) in [6, 6.07) is 0. The van der Waals surface area contributed by atoms with Crippen molar-refractivity contribution in [1.29, 1.82) is 0 Å². The van der Waals surface area contributed by atoms with Gasteiger partial charge in [0.05, 0.1) is 13.2 Å². The first kappa shape index (κ1) is 14.2. The third kappa shape index (κ3) is 6.27. The van der Waals surface area contributed by atoms with Crippen molar-refractivity contribution in [3.8, 4) is 0 Å². The molecule has 0 radical (unpaired) electrons. The molecule has 0 aliphatic heterocycles. The van der Waals surface area contributed by atoms with E-state index in [2.05, 4.69) is 10.4 Å². The van der Waals surface area contributed by atoms with E-state index in [1.807, 2.05) is 11.8 Å². The van der Waals surface area contributed by atoms with Crippen LogP contribution in [0, 0.1) is 0 Å². The van der Waals surface area contributed by atoms with Crippen molar-refractivity contribution >= 4 is 5.96 Å². The Balaban J connectivity index is 4.22. The highest BCUT2D eigenvalue weighted by molar-refractivity contribution is 5.79. The van der Waals surface area contributed by atoms with Crippen LogP contribution in [0.1, 0.15) is 6.92 Å². The lowest BCUT2D eigenvalue weighted by Gasteiger charge is -2.24. The van der Waals surface area contributed by atoms with E-state index in [1.54, 1.807) is 14.2 Å². The van der Waals surface area contributed by atoms with Gasteiger partial charge in [0.1, 0.15) is 0 Å². The van der Waals surface area contributed by atoms with Crippen LogP contribution in [-0.2, 0) is 9.47 Å². The molecule has 0 amide bonds. The van der Waals surface area contributed by atoms with Crippen LogP contribution in [0.5, 0.6) is 0 Å². The third-order valence-electron chi connectivity index (χ3n) is 1.87. The van der Waals surface area contributed by atoms with Crippen LogP contribution in [0.4, 0.5) is 0 Å². The minimum atomic E-state index is 0.633. The van der Waals surface area contributed by atoms with Crippen molar-refractivity contribution in [3.05, 3.63) is 0 Å². The lowest BCUT2D eigenvalue weighted by Crippen LogP contribution is -2.47. The quantitative estimate of drug-likeness (QED) is 0.259. The Morgan fingerprint density at radius 3 is 2.13 bits per heavy atom. The SMILES string of the molecule is CCN=C(NN)N(CCOC)CCOC. The van der Waals surface area contributed by atoms with Gasteiger partial charge in [-0.15, -0.1) is 0 Å². The molecule has 0 bridgehead atoms. The maximum absolute atomic E-state index is 5.40. The van der Waals surface area contributed by atoms with Crippen molar-refractivity contribution in [2.24, 2.45) is 10.8 Å². The third-order valence-corrected chi connectivity index (χ3v) is 1.87. The first-order chi connectivity index (χ1) is 7.29. The van der Waals surface area contributed by atoms with E-state index in [0.717, 1.165) is 13.1 Å². The van der Waals surface area contributed by atoms with Gasteiger partial charge in [0.15, 0.2) is 0 Å². The van der Waals surface area contributed by atoms with Gasteiger partial charge >= 0.3 is 0 Å². The molecule has 0 saturated carbocycles. The van der Waals surface area contributed by atoms with Gasteiger partial charge < -0.3 is 14.4 Å². The number of rotatable bonds is 7. The maximum atomic E-state index is 5.40. The molecule has 0 spiro atoms. The van der Waals surface area contributed by atoms with Crippen molar-refractivity contribution in [2.45, 2.75) is 6.92 Å². The van der Waals surface area contributed by atoms with Crippen molar-refractivity contribution in [3.63, 3.8) is 0 Å². The van der Waals surface area contributed by atoms with E-state index in [1.165, 1.54) is 0 Å². The van der Waals surface area contributed by atoms with Gasteiger partial charge in [0.2, 0.25) is 5.96 Å². The van der Waals surface area contributed by atoms with E-state index >= 15 is 0 Å². The van der Waals surface area contributed by atoms with Crippen LogP contribution < -0.4 is 11.3 Å². The molecule has 0 heterocycles. The first-order valence-corrected chi connectivity index (χ1v) is 5.04. The Kier molecular flexibility index (Phi) is 9.15. The van der Waals surface area contributed by atoms with Crippen LogP contribution in [0.3, 0.4) is 0 Å². The summed E-state index contributed by atoms with van der Waals surface area (Å²) < 4.78 is 10.0. The molecule has 0 aromatic carbocycles. The number of nitrogens with one attached hydrogen (secondary N) is 1. The predicted molar refractivity (Wildman–Crippen MR) is 60.6 cm³/mol. The van der Waals surface area contributed by atoms with Crippen molar-refractivity contribution in [1.82, 2.24) is 10.3 Å². The average molecular weight is 218 g/mol. The molecule has 90 valence electrons. The lowest BCUT2D eigenvalue weighted by atomic mass is 10.5. The van der Waals surface area contributed by atoms with Crippen LogP contribution in [-0.4, -0.2) is 57.9 Å². The topological polar surface area (TPSA) is 72.1 Å². The maximum Gasteiger partial charge on any atom is 0.208 e. The predicted octanol–water partition coefficient (Wildman–Crippen LogP) is -0.580. The molecular formula is C9H22N4O2. The molecule has 0 aromatic heterocycles. The van der Waals surface area contributed by atoms with Gasteiger partial charge in [-0.3, -0.25) is 10.4 Å². The molecule has 0 fully saturated rings. The molecule has 0 saturated heterocycles. The standard InChI is InChI=1S/C9H22N4O2/c1-4-11-9(12-10)13(5-7-14-2)6-8-15-3/h4-8,10H2,1-3H3,(H,11,12). The Morgan fingerprint density at radius 1 is 1.27 bits per heavy atom. The molecule has 0 aliphatic rings. The molecule has 0 unspecified atom stereocenters. The van der Waals surface area contributed by atoms with Gasteiger partial charge in [-0.1, -0.05) is 0 Å². The summed E-state index contributed by atoms with van der Waals surface area (Å²) in [5, 5.41) is 0. The lowest BCUT2D eigenvalue weighted by molar-refractivity contribution is 0.144. The number of hydrazine groups is 1. The summed E-state index contributed by atoms with van der Waals surface area (Å²) in [6.45, 7) is 5.40. The first-order valence-electron chi connectivity index (χ1n) is 5.04. The number of nitrogens with zero attached hydrogens (tertiary/aromatic N) is 2. The van der Waals surface area contributed by atoms with Gasteiger partial charge in [-0.25, -0.2) is 5.84 Å². The Bertz CT molecular complexity index is 167. The zero-order chi connectivity index (χ0) is 11.5. The second kappa shape index (κ2) is 9.70. The van der Waals surface area contributed by atoms with E-state index in [0.29, 0.717) is 25.7 Å². The normalized spacial score (nSPS) is 11.6. The van der Waals surface area contributed by atoms with Crippen molar-refractivity contribution < 1.29 is 9.47 Å². The van der Waals surface area contributed by atoms with Crippen LogP contribution >= 0.6 is 0 Å². The molecular weight excluding hydrogens is 196 g/mol. The summed E-state index contributed by atoms with van der Waals surface area (Å²) in [5.74, 6) is 6.07. The van der Waals surface area contributed by atoms with E-state index in [4.69, 9.17) is 15.3 Å². The number of aliphatic imine (C=N–C) groups is 1. The van der Waals surface area contributed by atoms with Gasteiger partial charge in [-0.05, 0) is 6.92 Å². The second-order valence-electron chi connectivity index (χ2n) is 2.91. The summed E-state index contributed by atoms with van der Waals surface area (Å²) in [6.07, 6.45) is 0. The highest BCUT2D eigenvalue weighted by Crippen LogP contribution is 1.91. The van der Waals surface area contributed by atoms with Crippen LogP contribution in [0.25, 0.3) is 0 Å². The fourth-order valence-electron chi connectivity index (χ4n) is 1.11. The highest BCUT2D eigenvalue weighted by Gasteiger charge is 2.08. The molecule has 0 atom stereocenters.